The molecule has 0 spiro atoms. The van der Waals surface area contributed by atoms with E-state index in [0.29, 0.717) is 12.5 Å². The molecule has 34 heavy (non-hydrogen) atoms. The van der Waals surface area contributed by atoms with E-state index >= 15 is 0 Å². The first-order chi connectivity index (χ1) is 16.6. The van der Waals surface area contributed by atoms with Crippen LogP contribution in [0.3, 0.4) is 0 Å². The molecular formula is C31H61NO2. The Bertz CT molecular complexity index is 478. The van der Waals surface area contributed by atoms with Gasteiger partial charge in [0.15, 0.2) is 0 Å². The maximum absolute atomic E-state index is 12.3. The standard InChI is InChI=1S/C31H61NO2/c1-5-7-9-10-11-12-13-14-15-16-17-18-19-20-21-22-23-25-27-31(28-29(31)32(3)4)34-30(33)26-24-8-6-2/h29H,5-28H2,1-4H3. The first-order valence-corrected chi connectivity index (χ1v) is 15.4. The van der Waals surface area contributed by atoms with Gasteiger partial charge in [0.2, 0.25) is 0 Å². The summed E-state index contributed by atoms with van der Waals surface area (Å²) in [7, 11) is 4.24. The fraction of sp³-hybridized carbons (Fsp3) is 0.968. The molecule has 0 N–H and O–H groups in total. The van der Waals surface area contributed by atoms with Gasteiger partial charge in [-0.1, -0.05) is 136 Å². The Labute approximate surface area is 214 Å². The van der Waals surface area contributed by atoms with Crippen molar-refractivity contribution in [1.29, 1.82) is 0 Å². The van der Waals surface area contributed by atoms with Gasteiger partial charge in [-0.15, -0.1) is 0 Å². The number of carbonyl (C=O) groups excluding carboxylic acids is 1. The highest BCUT2D eigenvalue weighted by atomic mass is 16.6. The monoisotopic (exact) mass is 479 g/mol. The molecule has 3 heteroatoms. The van der Waals surface area contributed by atoms with Gasteiger partial charge < -0.3 is 9.64 Å². The van der Waals surface area contributed by atoms with Crippen LogP contribution in [0.2, 0.25) is 0 Å². The van der Waals surface area contributed by atoms with Crippen LogP contribution in [-0.4, -0.2) is 36.6 Å². The van der Waals surface area contributed by atoms with Crippen LogP contribution >= 0.6 is 0 Å². The number of hydrogen-bond donors (Lipinski definition) is 0. The fourth-order valence-corrected chi connectivity index (χ4v) is 5.47. The molecule has 2 unspecified atom stereocenters. The van der Waals surface area contributed by atoms with Crippen LogP contribution in [0.25, 0.3) is 0 Å². The van der Waals surface area contributed by atoms with Crippen molar-refractivity contribution < 1.29 is 9.53 Å². The average Bonchev–Trinajstić information content (AvgIpc) is 3.52. The number of likely N-dealkylation sites (N-methyl/N-ethyl adjacent to an activating group) is 1. The molecule has 0 heterocycles. The average molecular weight is 480 g/mol. The smallest absolute Gasteiger partial charge is 0.306 e. The van der Waals surface area contributed by atoms with E-state index in [4.69, 9.17) is 4.74 Å². The molecule has 0 aromatic rings. The van der Waals surface area contributed by atoms with Crippen LogP contribution < -0.4 is 0 Å². The lowest BCUT2D eigenvalue weighted by atomic mass is 10.0. The van der Waals surface area contributed by atoms with Crippen LogP contribution in [0.15, 0.2) is 0 Å². The van der Waals surface area contributed by atoms with Crippen molar-refractivity contribution in [3.05, 3.63) is 0 Å². The van der Waals surface area contributed by atoms with Crippen molar-refractivity contribution in [2.45, 2.75) is 180 Å². The van der Waals surface area contributed by atoms with Crippen LogP contribution in [0.5, 0.6) is 0 Å². The summed E-state index contributed by atoms with van der Waals surface area (Å²) in [5.41, 5.74) is -0.179. The largest absolute Gasteiger partial charge is 0.457 e. The summed E-state index contributed by atoms with van der Waals surface area (Å²) in [6, 6.07) is 0.424. The number of unbranched alkanes of at least 4 members (excludes halogenated alkanes) is 19. The molecule has 3 nitrogen and oxygen atoms in total. The van der Waals surface area contributed by atoms with Crippen LogP contribution in [0, 0.1) is 0 Å². The summed E-state index contributed by atoms with van der Waals surface area (Å²) < 4.78 is 6.02. The molecule has 1 aliphatic rings. The van der Waals surface area contributed by atoms with Crippen LogP contribution in [0.1, 0.15) is 168 Å². The minimum Gasteiger partial charge on any atom is -0.457 e. The van der Waals surface area contributed by atoms with Crippen LogP contribution in [-0.2, 0) is 9.53 Å². The van der Waals surface area contributed by atoms with Crippen molar-refractivity contribution in [3.8, 4) is 0 Å². The SMILES string of the molecule is CCCCCCCCCCCCCCCCCCCCC1(OC(=O)CCCCC)CC1N(C)C. The van der Waals surface area contributed by atoms with E-state index in [-0.39, 0.29) is 11.6 Å². The number of hydrogen-bond acceptors (Lipinski definition) is 3. The first kappa shape index (κ1) is 31.5. The third-order valence-electron chi connectivity index (χ3n) is 7.86. The molecule has 0 aliphatic heterocycles. The molecule has 1 saturated carbocycles. The van der Waals surface area contributed by atoms with E-state index in [9.17, 15) is 4.79 Å². The van der Waals surface area contributed by atoms with E-state index in [0.717, 1.165) is 32.1 Å². The lowest BCUT2D eigenvalue weighted by molar-refractivity contribution is -0.153. The first-order valence-electron chi connectivity index (χ1n) is 15.4. The van der Waals surface area contributed by atoms with Crippen molar-refractivity contribution in [1.82, 2.24) is 4.90 Å². The molecule has 0 aromatic heterocycles. The topological polar surface area (TPSA) is 29.5 Å². The Balaban J connectivity index is 1.93. The quantitative estimate of drug-likeness (QED) is 0.0964. The third kappa shape index (κ3) is 15.4. The number of nitrogens with zero attached hydrogens (tertiary/aromatic N) is 1. The van der Waals surface area contributed by atoms with E-state index < -0.39 is 0 Å². The Hall–Kier alpha value is -0.570. The lowest BCUT2D eigenvalue weighted by Gasteiger charge is -2.21. The minimum absolute atomic E-state index is 0.0280. The molecule has 1 fully saturated rings. The molecule has 1 aliphatic carbocycles. The number of esters is 1. The summed E-state index contributed by atoms with van der Waals surface area (Å²) >= 11 is 0. The molecule has 0 aromatic carbocycles. The highest BCUT2D eigenvalue weighted by Gasteiger charge is 2.58. The predicted molar refractivity (Wildman–Crippen MR) is 148 cm³/mol. The minimum atomic E-state index is -0.179. The number of rotatable bonds is 25. The zero-order chi connectivity index (χ0) is 24.9. The summed E-state index contributed by atoms with van der Waals surface area (Å²) in [6.45, 7) is 4.47. The lowest BCUT2D eigenvalue weighted by Crippen LogP contribution is -2.30. The Kier molecular flexibility index (Phi) is 19.1. The zero-order valence-corrected chi connectivity index (χ0v) is 23.8. The van der Waals surface area contributed by atoms with Gasteiger partial charge in [-0.3, -0.25) is 4.79 Å². The van der Waals surface area contributed by atoms with Crippen molar-refractivity contribution in [2.24, 2.45) is 0 Å². The highest BCUT2D eigenvalue weighted by molar-refractivity contribution is 5.70. The predicted octanol–water partition coefficient (Wildman–Crippen LogP) is 9.61. The summed E-state index contributed by atoms with van der Waals surface area (Å²) in [5.74, 6) is 0.0280. The fourth-order valence-electron chi connectivity index (χ4n) is 5.47. The number of ether oxygens (including phenoxy) is 1. The summed E-state index contributed by atoms with van der Waals surface area (Å²) in [5, 5.41) is 0. The summed E-state index contributed by atoms with van der Waals surface area (Å²) in [4.78, 5) is 14.5. The van der Waals surface area contributed by atoms with Gasteiger partial charge in [0.25, 0.3) is 0 Å². The molecule has 0 bridgehead atoms. The molecule has 0 radical (unpaired) electrons. The maximum atomic E-state index is 12.3. The maximum Gasteiger partial charge on any atom is 0.306 e. The Morgan fingerprint density at radius 2 is 1.03 bits per heavy atom. The third-order valence-corrected chi connectivity index (χ3v) is 7.86. The van der Waals surface area contributed by atoms with Gasteiger partial charge in [0.1, 0.15) is 5.60 Å². The second kappa shape index (κ2) is 20.6. The van der Waals surface area contributed by atoms with Crippen molar-refractivity contribution in [2.75, 3.05) is 14.1 Å². The van der Waals surface area contributed by atoms with Gasteiger partial charge in [-0.25, -0.2) is 0 Å². The Morgan fingerprint density at radius 1 is 0.647 bits per heavy atom. The highest BCUT2D eigenvalue weighted by Crippen LogP contribution is 2.47. The van der Waals surface area contributed by atoms with Gasteiger partial charge in [0, 0.05) is 12.8 Å². The van der Waals surface area contributed by atoms with Gasteiger partial charge in [-0.2, -0.15) is 0 Å². The second-order valence-corrected chi connectivity index (χ2v) is 11.4. The van der Waals surface area contributed by atoms with E-state index in [1.165, 1.54) is 116 Å². The molecule has 2 atom stereocenters. The molecule has 1 rings (SSSR count). The molecule has 0 amide bonds. The van der Waals surface area contributed by atoms with E-state index in [1.807, 2.05) is 0 Å². The molecular weight excluding hydrogens is 418 g/mol. The van der Waals surface area contributed by atoms with Gasteiger partial charge >= 0.3 is 5.97 Å². The zero-order valence-electron chi connectivity index (χ0n) is 23.8. The van der Waals surface area contributed by atoms with Gasteiger partial charge in [-0.05, 0) is 33.4 Å². The normalized spacial score (nSPS) is 19.6. The van der Waals surface area contributed by atoms with Gasteiger partial charge in [0.05, 0.1) is 6.04 Å². The van der Waals surface area contributed by atoms with E-state index in [1.54, 1.807) is 0 Å². The van der Waals surface area contributed by atoms with Crippen LogP contribution in [0.4, 0.5) is 0 Å². The van der Waals surface area contributed by atoms with Crippen molar-refractivity contribution >= 4 is 5.97 Å². The van der Waals surface area contributed by atoms with Crippen molar-refractivity contribution in [3.63, 3.8) is 0 Å². The second-order valence-electron chi connectivity index (χ2n) is 11.4. The molecule has 0 saturated heterocycles. The number of carbonyl (C=O) groups is 1. The van der Waals surface area contributed by atoms with E-state index in [2.05, 4.69) is 32.8 Å². The summed E-state index contributed by atoms with van der Waals surface area (Å²) in [6.07, 6.45) is 31.2. The molecule has 202 valence electrons. The Morgan fingerprint density at radius 3 is 1.41 bits per heavy atom.